The standard InChI is InChI=1S/C12H16N2O3/c1-14(8-5-12(16)17-2)11(15)9-10-3-6-13-7-4-10/h3-4,6-7H,5,8-9H2,1-2H3. The van der Waals surface area contributed by atoms with Crippen LogP contribution in [-0.2, 0) is 20.7 Å². The number of aromatic nitrogens is 1. The lowest BCUT2D eigenvalue weighted by Gasteiger charge is -2.16. The number of amides is 1. The second kappa shape index (κ2) is 6.62. The zero-order valence-electron chi connectivity index (χ0n) is 10.0. The first kappa shape index (κ1) is 13.2. The summed E-state index contributed by atoms with van der Waals surface area (Å²) in [5.41, 5.74) is 0.912. The van der Waals surface area contributed by atoms with Crippen LogP contribution in [0.5, 0.6) is 0 Å². The molecule has 0 aliphatic rings. The SMILES string of the molecule is COC(=O)CCN(C)C(=O)Cc1ccncc1. The first-order chi connectivity index (χ1) is 8.13. The molecule has 0 unspecified atom stereocenters. The molecule has 1 rings (SSSR count). The third-order valence-corrected chi connectivity index (χ3v) is 2.41. The van der Waals surface area contributed by atoms with Crippen LogP contribution in [-0.4, -0.2) is 42.5 Å². The maximum absolute atomic E-state index is 11.8. The number of carbonyl (C=O) groups excluding carboxylic acids is 2. The molecule has 0 radical (unpaired) electrons. The second-order valence-corrected chi connectivity index (χ2v) is 3.67. The largest absolute Gasteiger partial charge is 0.469 e. The molecule has 0 fully saturated rings. The molecule has 0 aliphatic carbocycles. The topological polar surface area (TPSA) is 59.5 Å². The summed E-state index contributed by atoms with van der Waals surface area (Å²) in [7, 11) is 3.01. The van der Waals surface area contributed by atoms with Gasteiger partial charge in [-0.3, -0.25) is 14.6 Å². The molecular formula is C12H16N2O3. The minimum atomic E-state index is -0.312. The molecule has 0 aliphatic heterocycles. The number of methoxy groups -OCH3 is 1. The smallest absolute Gasteiger partial charge is 0.307 e. The van der Waals surface area contributed by atoms with Crippen LogP contribution in [0.15, 0.2) is 24.5 Å². The molecule has 1 aromatic rings. The molecule has 5 nitrogen and oxygen atoms in total. The molecule has 1 heterocycles. The van der Waals surface area contributed by atoms with Crippen LogP contribution in [0.3, 0.4) is 0 Å². The van der Waals surface area contributed by atoms with Gasteiger partial charge in [0.2, 0.25) is 5.91 Å². The van der Waals surface area contributed by atoms with Gasteiger partial charge in [0.05, 0.1) is 20.0 Å². The Bertz CT molecular complexity index is 379. The highest BCUT2D eigenvalue weighted by atomic mass is 16.5. The molecule has 0 saturated heterocycles. The fraction of sp³-hybridized carbons (Fsp3) is 0.417. The van der Waals surface area contributed by atoms with E-state index in [1.807, 2.05) is 0 Å². The van der Waals surface area contributed by atoms with Crippen LogP contribution in [0, 0.1) is 0 Å². The van der Waals surface area contributed by atoms with Gasteiger partial charge in [-0.2, -0.15) is 0 Å². The van der Waals surface area contributed by atoms with Crippen LogP contribution in [0.2, 0.25) is 0 Å². The van der Waals surface area contributed by atoms with E-state index in [0.717, 1.165) is 5.56 Å². The number of pyridine rings is 1. The lowest BCUT2D eigenvalue weighted by Crippen LogP contribution is -2.30. The van der Waals surface area contributed by atoms with Crippen molar-refractivity contribution in [1.29, 1.82) is 0 Å². The van der Waals surface area contributed by atoms with E-state index in [1.165, 1.54) is 12.0 Å². The lowest BCUT2D eigenvalue weighted by molar-refractivity contribution is -0.141. The van der Waals surface area contributed by atoms with E-state index in [9.17, 15) is 9.59 Å². The molecule has 0 spiro atoms. The van der Waals surface area contributed by atoms with Crippen molar-refractivity contribution in [1.82, 2.24) is 9.88 Å². The Morgan fingerprint density at radius 1 is 1.35 bits per heavy atom. The number of nitrogens with zero attached hydrogens (tertiary/aromatic N) is 2. The molecule has 0 aromatic carbocycles. The highest BCUT2D eigenvalue weighted by Crippen LogP contribution is 2.01. The Balaban J connectivity index is 2.40. The first-order valence-electron chi connectivity index (χ1n) is 5.33. The van der Waals surface area contributed by atoms with Crippen LogP contribution in [0.1, 0.15) is 12.0 Å². The van der Waals surface area contributed by atoms with E-state index >= 15 is 0 Å². The van der Waals surface area contributed by atoms with Gasteiger partial charge in [0.15, 0.2) is 0 Å². The van der Waals surface area contributed by atoms with Crippen molar-refractivity contribution in [2.75, 3.05) is 20.7 Å². The van der Waals surface area contributed by atoms with Gasteiger partial charge in [-0.25, -0.2) is 0 Å². The van der Waals surface area contributed by atoms with Gasteiger partial charge in [-0.05, 0) is 17.7 Å². The zero-order valence-corrected chi connectivity index (χ0v) is 10.0. The molecule has 0 atom stereocenters. The van der Waals surface area contributed by atoms with E-state index in [2.05, 4.69) is 9.72 Å². The average molecular weight is 236 g/mol. The van der Waals surface area contributed by atoms with Crippen LogP contribution >= 0.6 is 0 Å². The summed E-state index contributed by atoms with van der Waals surface area (Å²) >= 11 is 0. The summed E-state index contributed by atoms with van der Waals surface area (Å²) in [5, 5.41) is 0. The Morgan fingerprint density at radius 2 is 2.00 bits per heavy atom. The molecular weight excluding hydrogens is 220 g/mol. The van der Waals surface area contributed by atoms with E-state index in [4.69, 9.17) is 0 Å². The first-order valence-corrected chi connectivity index (χ1v) is 5.33. The van der Waals surface area contributed by atoms with Gasteiger partial charge in [0.1, 0.15) is 0 Å². The van der Waals surface area contributed by atoms with E-state index in [0.29, 0.717) is 13.0 Å². The maximum Gasteiger partial charge on any atom is 0.307 e. The van der Waals surface area contributed by atoms with Crippen molar-refractivity contribution in [3.8, 4) is 0 Å². The van der Waals surface area contributed by atoms with Crippen molar-refractivity contribution in [3.05, 3.63) is 30.1 Å². The Hall–Kier alpha value is -1.91. The van der Waals surface area contributed by atoms with E-state index < -0.39 is 0 Å². The predicted octanol–water partition coefficient (Wildman–Crippen LogP) is 0.646. The molecule has 0 N–H and O–H groups in total. The van der Waals surface area contributed by atoms with Gasteiger partial charge in [-0.15, -0.1) is 0 Å². The number of rotatable bonds is 5. The molecule has 5 heteroatoms. The van der Waals surface area contributed by atoms with E-state index in [-0.39, 0.29) is 18.3 Å². The van der Waals surface area contributed by atoms with Gasteiger partial charge < -0.3 is 9.64 Å². The molecule has 1 aromatic heterocycles. The van der Waals surface area contributed by atoms with Gasteiger partial charge in [-0.1, -0.05) is 0 Å². The zero-order chi connectivity index (χ0) is 12.7. The molecule has 1 amide bonds. The van der Waals surface area contributed by atoms with Gasteiger partial charge in [0.25, 0.3) is 0 Å². The third kappa shape index (κ3) is 4.63. The van der Waals surface area contributed by atoms with Crippen molar-refractivity contribution >= 4 is 11.9 Å². The Morgan fingerprint density at radius 3 is 2.59 bits per heavy atom. The summed E-state index contributed by atoms with van der Waals surface area (Å²) in [4.78, 5) is 28.1. The van der Waals surface area contributed by atoms with Crippen LogP contribution in [0.25, 0.3) is 0 Å². The molecule has 0 saturated carbocycles. The number of carbonyl (C=O) groups is 2. The molecule has 0 bridgehead atoms. The molecule has 92 valence electrons. The highest BCUT2D eigenvalue weighted by Gasteiger charge is 2.11. The Kier molecular flexibility index (Phi) is 5.13. The fourth-order valence-corrected chi connectivity index (χ4v) is 1.30. The molecule has 17 heavy (non-hydrogen) atoms. The average Bonchev–Trinajstić information content (AvgIpc) is 2.36. The van der Waals surface area contributed by atoms with Crippen LogP contribution in [0.4, 0.5) is 0 Å². The summed E-state index contributed by atoms with van der Waals surface area (Å²) in [6.07, 6.45) is 3.84. The maximum atomic E-state index is 11.8. The van der Waals surface area contributed by atoms with E-state index in [1.54, 1.807) is 31.6 Å². The quantitative estimate of drug-likeness (QED) is 0.704. The highest BCUT2D eigenvalue weighted by molar-refractivity contribution is 5.79. The van der Waals surface area contributed by atoms with Crippen molar-refractivity contribution < 1.29 is 14.3 Å². The predicted molar refractivity (Wildman–Crippen MR) is 62.2 cm³/mol. The second-order valence-electron chi connectivity index (χ2n) is 3.67. The lowest BCUT2D eigenvalue weighted by atomic mass is 10.2. The van der Waals surface area contributed by atoms with Crippen molar-refractivity contribution in [2.45, 2.75) is 12.8 Å². The number of hydrogen-bond acceptors (Lipinski definition) is 4. The van der Waals surface area contributed by atoms with Crippen molar-refractivity contribution in [3.63, 3.8) is 0 Å². The number of likely N-dealkylation sites (N-methyl/N-ethyl adjacent to an activating group) is 1. The third-order valence-electron chi connectivity index (χ3n) is 2.41. The van der Waals surface area contributed by atoms with Crippen molar-refractivity contribution in [2.24, 2.45) is 0 Å². The monoisotopic (exact) mass is 236 g/mol. The minimum Gasteiger partial charge on any atom is -0.469 e. The number of ether oxygens (including phenoxy) is 1. The summed E-state index contributed by atoms with van der Waals surface area (Å²) in [6.45, 7) is 0.372. The van der Waals surface area contributed by atoms with Gasteiger partial charge in [0, 0.05) is 26.0 Å². The summed E-state index contributed by atoms with van der Waals surface area (Å²) in [6, 6.07) is 3.60. The summed E-state index contributed by atoms with van der Waals surface area (Å²) in [5.74, 6) is -0.339. The van der Waals surface area contributed by atoms with Gasteiger partial charge >= 0.3 is 5.97 Å². The normalized spacial score (nSPS) is 9.76. The summed E-state index contributed by atoms with van der Waals surface area (Å²) < 4.78 is 4.51. The number of hydrogen-bond donors (Lipinski definition) is 0. The number of esters is 1. The minimum absolute atomic E-state index is 0.0277. The Labute approximate surface area is 100 Å². The fourth-order valence-electron chi connectivity index (χ4n) is 1.30. The van der Waals surface area contributed by atoms with Crippen LogP contribution < -0.4 is 0 Å².